The fraction of sp³-hybridized carbons (Fsp3) is 0.333. The highest BCUT2D eigenvalue weighted by Crippen LogP contribution is 2.18. The molecular formula is C12H16N2O3S. The van der Waals surface area contributed by atoms with Crippen LogP contribution in [0.25, 0.3) is 0 Å². The zero-order valence-corrected chi connectivity index (χ0v) is 11.1. The van der Waals surface area contributed by atoms with E-state index in [1.807, 2.05) is 18.4 Å². The number of benzene rings is 1. The molecule has 0 fully saturated rings. The molecule has 98 valence electrons. The lowest BCUT2D eigenvalue weighted by Crippen LogP contribution is -2.39. The maximum Gasteiger partial charge on any atom is 0.309 e. The number of hydrogen-bond donors (Lipinski definition) is 3. The molecule has 1 aromatic carbocycles. The van der Waals surface area contributed by atoms with Crippen molar-refractivity contribution >= 4 is 23.6 Å². The zero-order valence-electron chi connectivity index (χ0n) is 10.3. The first kappa shape index (κ1) is 14.5. The van der Waals surface area contributed by atoms with E-state index in [4.69, 9.17) is 0 Å². The summed E-state index contributed by atoms with van der Waals surface area (Å²) in [4.78, 5) is 23.2. The number of thioether (sulfide) groups is 1. The van der Waals surface area contributed by atoms with E-state index in [-0.39, 0.29) is 6.54 Å². The molecule has 0 saturated heterocycles. The molecule has 0 aromatic heterocycles. The summed E-state index contributed by atoms with van der Waals surface area (Å²) in [6.07, 6.45) is 1.14. The Kier molecular flexibility index (Phi) is 5.67. The fourth-order valence-corrected chi connectivity index (χ4v) is 1.74. The van der Waals surface area contributed by atoms with Gasteiger partial charge in [-0.15, -0.1) is 11.8 Å². The van der Waals surface area contributed by atoms with E-state index < -0.39 is 17.9 Å². The van der Waals surface area contributed by atoms with Gasteiger partial charge in [0.15, 0.2) is 0 Å². The summed E-state index contributed by atoms with van der Waals surface area (Å²) in [7, 11) is 1.37. The minimum absolute atomic E-state index is 0.00483. The van der Waals surface area contributed by atoms with Gasteiger partial charge >= 0.3 is 11.8 Å². The Morgan fingerprint density at radius 3 is 2.39 bits per heavy atom. The summed E-state index contributed by atoms with van der Waals surface area (Å²) in [5, 5.41) is 14.4. The number of nitrogens with one attached hydrogen (secondary N) is 2. The van der Waals surface area contributed by atoms with Crippen molar-refractivity contribution in [3.05, 3.63) is 29.8 Å². The minimum atomic E-state index is -0.825. The molecule has 0 radical (unpaired) electrons. The Labute approximate surface area is 110 Å². The number of amides is 2. The Morgan fingerprint density at radius 2 is 1.89 bits per heavy atom. The van der Waals surface area contributed by atoms with Crippen molar-refractivity contribution in [1.29, 1.82) is 0 Å². The van der Waals surface area contributed by atoms with Crippen LogP contribution in [-0.2, 0) is 9.59 Å². The fourth-order valence-electron chi connectivity index (χ4n) is 1.33. The minimum Gasteiger partial charge on any atom is -0.387 e. The monoisotopic (exact) mass is 268 g/mol. The molecule has 0 heterocycles. The molecule has 0 aliphatic heterocycles. The Hall–Kier alpha value is -1.53. The van der Waals surface area contributed by atoms with Crippen LogP contribution in [0.2, 0.25) is 0 Å². The third kappa shape index (κ3) is 4.05. The highest BCUT2D eigenvalue weighted by atomic mass is 32.2. The molecule has 2 amide bonds. The second-order valence-electron chi connectivity index (χ2n) is 3.58. The van der Waals surface area contributed by atoms with Gasteiger partial charge in [0.25, 0.3) is 0 Å². The van der Waals surface area contributed by atoms with Gasteiger partial charge in [-0.05, 0) is 24.0 Å². The Bertz CT molecular complexity index is 420. The van der Waals surface area contributed by atoms with Crippen LogP contribution >= 0.6 is 11.8 Å². The van der Waals surface area contributed by atoms with Gasteiger partial charge in [0.1, 0.15) is 0 Å². The van der Waals surface area contributed by atoms with E-state index in [9.17, 15) is 14.7 Å². The Morgan fingerprint density at radius 1 is 1.28 bits per heavy atom. The molecule has 1 aromatic rings. The van der Waals surface area contributed by atoms with Crippen molar-refractivity contribution in [3.63, 3.8) is 0 Å². The van der Waals surface area contributed by atoms with Gasteiger partial charge in [-0.3, -0.25) is 9.59 Å². The zero-order chi connectivity index (χ0) is 13.5. The van der Waals surface area contributed by atoms with Crippen LogP contribution in [0.3, 0.4) is 0 Å². The van der Waals surface area contributed by atoms with Crippen LogP contribution in [0, 0.1) is 0 Å². The summed E-state index contributed by atoms with van der Waals surface area (Å²) in [6, 6.07) is 7.37. The van der Waals surface area contributed by atoms with E-state index in [2.05, 4.69) is 10.6 Å². The maximum atomic E-state index is 11.2. The van der Waals surface area contributed by atoms with Crippen LogP contribution < -0.4 is 10.6 Å². The third-order valence-electron chi connectivity index (χ3n) is 2.39. The smallest absolute Gasteiger partial charge is 0.309 e. The van der Waals surface area contributed by atoms with E-state index >= 15 is 0 Å². The number of aliphatic hydroxyl groups excluding tert-OH is 1. The van der Waals surface area contributed by atoms with E-state index in [1.165, 1.54) is 7.05 Å². The van der Waals surface area contributed by atoms with E-state index in [0.29, 0.717) is 5.56 Å². The van der Waals surface area contributed by atoms with Crippen molar-refractivity contribution in [1.82, 2.24) is 10.6 Å². The van der Waals surface area contributed by atoms with Crippen molar-refractivity contribution < 1.29 is 14.7 Å². The summed E-state index contributed by atoms with van der Waals surface area (Å²) >= 11 is 1.61. The average Bonchev–Trinajstić information content (AvgIpc) is 2.43. The lowest BCUT2D eigenvalue weighted by atomic mass is 10.1. The second-order valence-corrected chi connectivity index (χ2v) is 4.46. The van der Waals surface area contributed by atoms with Gasteiger partial charge in [-0.25, -0.2) is 0 Å². The van der Waals surface area contributed by atoms with E-state index in [1.54, 1.807) is 23.9 Å². The molecule has 0 aliphatic carbocycles. The van der Waals surface area contributed by atoms with Gasteiger partial charge < -0.3 is 15.7 Å². The van der Waals surface area contributed by atoms with Crippen molar-refractivity contribution in [2.45, 2.75) is 11.0 Å². The number of hydrogen-bond acceptors (Lipinski definition) is 4. The molecular weight excluding hydrogens is 252 g/mol. The lowest BCUT2D eigenvalue weighted by Gasteiger charge is -2.12. The lowest BCUT2D eigenvalue weighted by molar-refractivity contribution is -0.139. The molecule has 0 aliphatic rings. The van der Waals surface area contributed by atoms with E-state index in [0.717, 1.165) is 4.90 Å². The molecule has 1 atom stereocenters. The first-order valence-corrected chi connectivity index (χ1v) is 6.63. The summed E-state index contributed by atoms with van der Waals surface area (Å²) in [6.45, 7) is 0.00483. The quantitative estimate of drug-likeness (QED) is 0.542. The van der Waals surface area contributed by atoms with Gasteiger partial charge in [-0.1, -0.05) is 12.1 Å². The molecule has 0 spiro atoms. The van der Waals surface area contributed by atoms with Gasteiger partial charge in [0, 0.05) is 18.5 Å². The predicted molar refractivity (Wildman–Crippen MR) is 70.3 cm³/mol. The Balaban J connectivity index is 2.52. The van der Waals surface area contributed by atoms with Crippen molar-refractivity contribution in [3.8, 4) is 0 Å². The second kappa shape index (κ2) is 7.03. The number of carbonyl (C=O) groups excluding carboxylic acids is 2. The molecule has 1 unspecified atom stereocenters. The number of rotatable bonds is 4. The molecule has 3 N–H and O–H groups in total. The molecule has 0 saturated carbocycles. The van der Waals surface area contributed by atoms with Crippen LogP contribution in [0.4, 0.5) is 0 Å². The van der Waals surface area contributed by atoms with Crippen LogP contribution in [0.15, 0.2) is 29.2 Å². The molecule has 5 nitrogen and oxygen atoms in total. The topological polar surface area (TPSA) is 78.4 Å². The van der Waals surface area contributed by atoms with Crippen LogP contribution in [0.1, 0.15) is 11.7 Å². The average molecular weight is 268 g/mol. The summed E-state index contributed by atoms with van der Waals surface area (Å²) < 4.78 is 0. The normalized spacial score (nSPS) is 11.7. The first-order chi connectivity index (χ1) is 8.58. The molecule has 1 rings (SSSR count). The SMILES string of the molecule is CNC(=O)C(=O)NCC(O)c1ccc(SC)cc1. The van der Waals surface area contributed by atoms with Gasteiger partial charge in [-0.2, -0.15) is 0 Å². The summed E-state index contributed by atoms with van der Waals surface area (Å²) in [5.41, 5.74) is 0.699. The number of aliphatic hydroxyl groups is 1. The predicted octanol–water partition coefficient (Wildman–Crippen LogP) is 0.304. The maximum absolute atomic E-state index is 11.2. The van der Waals surface area contributed by atoms with Crippen LogP contribution in [0.5, 0.6) is 0 Å². The van der Waals surface area contributed by atoms with Crippen molar-refractivity contribution in [2.75, 3.05) is 19.8 Å². The highest BCUT2D eigenvalue weighted by Gasteiger charge is 2.13. The molecule has 0 bridgehead atoms. The standard InChI is InChI=1S/C12H16N2O3S/c1-13-11(16)12(17)14-7-10(15)8-3-5-9(18-2)6-4-8/h3-6,10,15H,7H2,1-2H3,(H,13,16)(H,14,17). The number of carbonyl (C=O) groups is 2. The molecule has 18 heavy (non-hydrogen) atoms. The van der Waals surface area contributed by atoms with Gasteiger partial charge in [0.2, 0.25) is 0 Å². The third-order valence-corrected chi connectivity index (χ3v) is 3.13. The number of likely N-dealkylation sites (N-methyl/N-ethyl adjacent to an activating group) is 1. The first-order valence-electron chi connectivity index (χ1n) is 5.40. The van der Waals surface area contributed by atoms with Crippen molar-refractivity contribution in [2.24, 2.45) is 0 Å². The van der Waals surface area contributed by atoms with Gasteiger partial charge in [0.05, 0.1) is 6.10 Å². The largest absolute Gasteiger partial charge is 0.387 e. The highest BCUT2D eigenvalue weighted by molar-refractivity contribution is 7.98. The summed E-state index contributed by atoms with van der Waals surface area (Å²) in [5.74, 6) is -1.47. The van der Waals surface area contributed by atoms with Crippen LogP contribution in [-0.4, -0.2) is 36.8 Å². The molecule has 6 heteroatoms.